The Morgan fingerprint density at radius 2 is 2.16 bits per heavy atom. The molecule has 0 radical (unpaired) electrons. The highest BCUT2D eigenvalue weighted by molar-refractivity contribution is 5.90. The Hall–Kier alpha value is -1.75. The molecule has 1 saturated carbocycles. The third-order valence-corrected chi connectivity index (χ3v) is 5.19. The summed E-state index contributed by atoms with van der Waals surface area (Å²) < 4.78 is 5.71. The predicted octanol–water partition coefficient (Wildman–Crippen LogP) is 3.92. The minimum atomic E-state index is -0.113. The van der Waals surface area contributed by atoms with Gasteiger partial charge in [-0.15, -0.1) is 0 Å². The van der Waals surface area contributed by atoms with E-state index >= 15 is 0 Å². The smallest absolute Gasteiger partial charge is 0.319 e. The minimum Gasteiger partial charge on any atom is -0.494 e. The van der Waals surface area contributed by atoms with Gasteiger partial charge in [0.15, 0.2) is 0 Å². The van der Waals surface area contributed by atoms with Crippen LogP contribution in [0.15, 0.2) is 18.2 Å². The van der Waals surface area contributed by atoms with Crippen LogP contribution in [-0.4, -0.2) is 42.2 Å². The van der Waals surface area contributed by atoms with Crippen molar-refractivity contribution in [2.45, 2.75) is 71.0 Å². The van der Waals surface area contributed by atoms with Gasteiger partial charge < -0.3 is 15.4 Å². The summed E-state index contributed by atoms with van der Waals surface area (Å²) in [6, 6.07) is 7.28. The quantitative estimate of drug-likeness (QED) is 0.737. The van der Waals surface area contributed by atoms with Crippen molar-refractivity contribution in [1.82, 2.24) is 10.2 Å². The van der Waals surface area contributed by atoms with Gasteiger partial charge in [0.05, 0.1) is 6.61 Å². The highest BCUT2D eigenvalue weighted by Crippen LogP contribution is 2.33. The number of aryl methyl sites for hydroxylation is 1. The normalized spacial score (nSPS) is 23.5. The van der Waals surface area contributed by atoms with Crippen LogP contribution in [0.4, 0.5) is 10.5 Å². The van der Waals surface area contributed by atoms with Gasteiger partial charge in [-0.1, -0.05) is 13.3 Å². The number of nitrogens with zero attached hydrogens (tertiary/aromatic N) is 1. The summed E-state index contributed by atoms with van der Waals surface area (Å²) in [5, 5.41) is 6.11. The minimum absolute atomic E-state index is 0.113. The Kier molecular flexibility index (Phi) is 5.84. The Morgan fingerprint density at radius 1 is 1.36 bits per heavy atom. The lowest BCUT2D eigenvalue weighted by Crippen LogP contribution is -2.40. The van der Waals surface area contributed by atoms with Gasteiger partial charge in [0, 0.05) is 30.4 Å². The van der Waals surface area contributed by atoms with Gasteiger partial charge >= 0.3 is 6.03 Å². The molecule has 0 spiro atoms. The van der Waals surface area contributed by atoms with Gasteiger partial charge in [-0.25, -0.2) is 4.79 Å². The fourth-order valence-corrected chi connectivity index (χ4v) is 3.62. The van der Waals surface area contributed by atoms with Crippen molar-refractivity contribution in [2.24, 2.45) is 0 Å². The molecule has 0 unspecified atom stereocenters. The third kappa shape index (κ3) is 4.88. The lowest BCUT2D eigenvalue weighted by molar-refractivity contribution is 0.243. The van der Waals surface area contributed by atoms with Crippen LogP contribution in [0.25, 0.3) is 0 Å². The second-order valence-corrected chi connectivity index (χ2v) is 7.49. The standard InChI is InChI=1S/C20H31N3O2/c1-4-5-10-25-18-8-9-19(14(2)11-18)22-20(24)21-16-12-15(3)23(13-16)17-6-7-17/h8-9,11,15-17H,4-7,10,12-13H2,1-3H3,(H2,21,22,24)/t15-,16+/m1/s1. The van der Waals surface area contributed by atoms with Crippen LogP contribution in [0.1, 0.15) is 51.5 Å². The number of benzene rings is 1. The zero-order valence-corrected chi connectivity index (χ0v) is 15.7. The largest absolute Gasteiger partial charge is 0.494 e. The molecule has 2 fully saturated rings. The van der Waals surface area contributed by atoms with E-state index in [4.69, 9.17) is 4.74 Å². The highest BCUT2D eigenvalue weighted by Gasteiger charge is 2.39. The van der Waals surface area contributed by atoms with Crippen molar-refractivity contribution < 1.29 is 9.53 Å². The van der Waals surface area contributed by atoms with E-state index in [1.54, 1.807) is 0 Å². The molecule has 2 atom stereocenters. The Bertz CT molecular complexity index is 601. The zero-order chi connectivity index (χ0) is 17.8. The maximum atomic E-state index is 12.3. The molecule has 2 aliphatic rings. The Balaban J connectivity index is 1.49. The molecule has 0 aromatic heterocycles. The van der Waals surface area contributed by atoms with Crippen molar-refractivity contribution in [3.8, 4) is 5.75 Å². The van der Waals surface area contributed by atoms with Crippen molar-refractivity contribution in [2.75, 3.05) is 18.5 Å². The summed E-state index contributed by atoms with van der Waals surface area (Å²) in [5.74, 6) is 0.863. The number of hydrogen-bond acceptors (Lipinski definition) is 3. The first-order valence-corrected chi connectivity index (χ1v) is 9.63. The number of carbonyl (C=O) groups excluding carboxylic acids is 1. The SMILES string of the molecule is CCCCOc1ccc(NC(=O)N[C@H]2C[C@@H](C)N(C3CC3)C2)c(C)c1. The van der Waals surface area contributed by atoms with Crippen LogP contribution in [-0.2, 0) is 0 Å². The third-order valence-electron chi connectivity index (χ3n) is 5.19. The van der Waals surface area contributed by atoms with E-state index in [1.165, 1.54) is 12.8 Å². The average molecular weight is 345 g/mol. The number of hydrogen-bond donors (Lipinski definition) is 2. The molecule has 5 nitrogen and oxygen atoms in total. The molecule has 3 rings (SSSR count). The molecule has 2 amide bonds. The van der Waals surface area contributed by atoms with Crippen LogP contribution < -0.4 is 15.4 Å². The van der Waals surface area contributed by atoms with Crippen molar-refractivity contribution in [1.29, 1.82) is 0 Å². The number of carbonyl (C=O) groups is 1. The van der Waals surface area contributed by atoms with Crippen molar-refractivity contribution >= 4 is 11.7 Å². The van der Waals surface area contributed by atoms with Crippen LogP contribution in [0.2, 0.25) is 0 Å². The van der Waals surface area contributed by atoms with Gasteiger partial charge in [-0.05, 0) is 63.3 Å². The molecule has 138 valence electrons. The number of likely N-dealkylation sites (tertiary alicyclic amines) is 1. The van der Waals surface area contributed by atoms with Crippen molar-refractivity contribution in [3.05, 3.63) is 23.8 Å². The van der Waals surface area contributed by atoms with Crippen LogP contribution in [0, 0.1) is 6.92 Å². The van der Waals surface area contributed by atoms with Gasteiger partial charge in [0.25, 0.3) is 0 Å². The molecule has 1 heterocycles. The first kappa shape index (κ1) is 18.1. The molecule has 0 bridgehead atoms. The molecule has 1 aliphatic carbocycles. The number of ether oxygens (including phenoxy) is 1. The zero-order valence-electron chi connectivity index (χ0n) is 15.7. The summed E-state index contributed by atoms with van der Waals surface area (Å²) >= 11 is 0. The fourth-order valence-electron chi connectivity index (χ4n) is 3.62. The van der Waals surface area contributed by atoms with Crippen LogP contribution >= 0.6 is 0 Å². The number of rotatable bonds is 7. The molecular formula is C20H31N3O2. The maximum Gasteiger partial charge on any atom is 0.319 e. The molecular weight excluding hydrogens is 314 g/mol. The van der Waals surface area contributed by atoms with Crippen LogP contribution in [0.3, 0.4) is 0 Å². The molecule has 5 heteroatoms. The van der Waals surface area contributed by atoms with E-state index in [-0.39, 0.29) is 12.1 Å². The second-order valence-electron chi connectivity index (χ2n) is 7.49. The van der Waals surface area contributed by atoms with E-state index in [0.29, 0.717) is 6.04 Å². The van der Waals surface area contributed by atoms with E-state index < -0.39 is 0 Å². The number of unbranched alkanes of at least 4 members (excludes halogenated alkanes) is 1. The second kappa shape index (κ2) is 8.09. The van der Waals surface area contributed by atoms with Gasteiger partial charge in [-0.2, -0.15) is 0 Å². The van der Waals surface area contributed by atoms with Crippen LogP contribution in [0.5, 0.6) is 5.75 Å². The number of anilines is 1. The molecule has 2 N–H and O–H groups in total. The maximum absolute atomic E-state index is 12.3. The van der Waals surface area contributed by atoms with Gasteiger partial charge in [0.2, 0.25) is 0 Å². The van der Waals surface area contributed by atoms with E-state index in [9.17, 15) is 4.79 Å². The topological polar surface area (TPSA) is 53.6 Å². The Labute approximate surface area is 151 Å². The highest BCUT2D eigenvalue weighted by atomic mass is 16.5. The number of urea groups is 1. The molecule has 25 heavy (non-hydrogen) atoms. The lowest BCUT2D eigenvalue weighted by Gasteiger charge is -2.19. The molecule has 1 aromatic carbocycles. The van der Waals surface area contributed by atoms with Gasteiger partial charge in [-0.3, -0.25) is 4.90 Å². The fraction of sp³-hybridized carbons (Fsp3) is 0.650. The monoisotopic (exact) mass is 345 g/mol. The average Bonchev–Trinajstić information content (AvgIpc) is 3.34. The molecule has 1 aromatic rings. The number of amides is 2. The molecule has 1 saturated heterocycles. The van der Waals surface area contributed by atoms with Crippen molar-refractivity contribution in [3.63, 3.8) is 0 Å². The van der Waals surface area contributed by atoms with Gasteiger partial charge in [0.1, 0.15) is 5.75 Å². The summed E-state index contributed by atoms with van der Waals surface area (Å²) in [6.45, 7) is 8.12. The first-order chi connectivity index (χ1) is 12.1. The van der Waals surface area contributed by atoms with E-state index in [0.717, 1.165) is 55.5 Å². The first-order valence-electron chi connectivity index (χ1n) is 9.63. The predicted molar refractivity (Wildman–Crippen MR) is 101 cm³/mol. The number of nitrogens with one attached hydrogen (secondary N) is 2. The molecule has 1 aliphatic heterocycles. The van der Waals surface area contributed by atoms with E-state index in [1.807, 2.05) is 25.1 Å². The summed E-state index contributed by atoms with van der Waals surface area (Å²) in [6.07, 6.45) is 5.84. The van der Waals surface area contributed by atoms with E-state index in [2.05, 4.69) is 29.4 Å². The summed E-state index contributed by atoms with van der Waals surface area (Å²) in [5.41, 5.74) is 1.86. The summed E-state index contributed by atoms with van der Waals surface area (Å²) in [7, 11) is 0. The lowest BCUT2D eigenvalue weighted by atomic mass is 10.2. The summed E-state index contributed by atoms with van der Waals surface area (Å²) in [4.78, 5) is 14.9. The Morgan fingerprint density at radius 3 is 2.84 bits per heavy atom.